The first-order valence-corrected chi connectivity index (χ1v) is 10.0. The van der Waals surface area contributed by atoms with Gasteiger partial charge in [-0.05, 0) is 0 Å². The van der Waals surface area contributed by atoms with Gasteiger partial charge >= 0.3 is 0 Å². The van der Waals surface area contributed by atoms with Gasteiger partial charge in [0.1, 0.15) is 30.0 Å². The summed E-state index contributed by atoms with van der Waals surface area (Å²) in [6.45, 7) is 3.26. The van der Waals surface area contributed by atoms with Gasteiger partial charge in [0.15, 0.2) is 6.29 Å². The van der Waals surface area contributed by atoms with Crippen LogP contribution in [0.25, 0.3) is 0 Å². The van der Waals surface area contributed by atoms with Crippen LogP contribution in [-0.4, -0.2) is 114 Å². The molecule has 2 rings (SSSR count). The fourth-order valence-electron chi connectivity index (χ4n) is 2.98. The molecular formula is C18H32N4O9. The van der Waals surface area contributed by atoms with E-state index in [0.717, 1.165) is 5.69 Å². The van der Waals surface area contributed by atoms with Crippen LogP contribution in [0, 0.1) is 0 Å². The Hall–Kier alpha value is -1.71. The fraction of sp³-hybridized carbons (Fsp3) is 0.833. The Bertz CT molecular complexity index is 647. The Morgan fingerprint density at radius 1 is 1.19 bits per heavy atom. The number of amides is 1. The van der Waals surface area contributed by atoms with E-state index in [1.807, 2.05) is 0 Å². The number of ether oxygens (including phenoxy) is 5. The Morgan fingerprint density at radius 2 is 1.90 bits per heavy atom. The maximum absolute atomic E-state index is 11.4. The van der Waals surface area contributed by atoms with Crippen molar-refractivity contribution in [3.63, 3.8) is 0 Å². The summed E-state index contributed by atoms with van der Waals surface area (Å²) in [6.07, 6.45) is -2.96. The van der Waals surface area contributed by atoms with Crippen molar-refractivity contribution in [3.05, 3.63) is 11.9 Å². The van der Waals surface area contributed by atoms with Crippen molar-refractivity contribution in [2.45, 2.75) is 50.7 Å². The summed E-state index contributed by atoms with van der Waals surface area (Å²) in [4.78, 5) is 11.4. The third-order valence-electron chi connectivity index (χ3n) is 4.48. The molecule has 0 spiro atoms. The molecule has 1 aliphatic rings. The number of aromatic nitrogens is 3. The zero-order valence-corrected chi connectivity index (χ0v) is 17.8. The fourth-order valence-corrected chi connectivity index (χ4v) is 2.98. The number of hydrogen-bond donors (Lipinski definition) is 4. The molecule has 0 aromatic carbocycles. The molecule has 1 fully saturated rings. The van der Waals surface area contributed by atoms with Crippen LogP contribution in [0.5, 0.6) is 0 Å². The molecule has 0 saturated carbocycles. The standard InChI is InChI=1S/C18H32N4O9/c1-12(24)19-15-17(26)16(25)14(10-23)31-18(15)30-8-7-29-6-5-28-4-3-22-9-13(11-27-2)20-21-22/h9,14-18,23,25-26H,3-8,10-11H2,1-2H3,(H,19,24). The largest absolute Gasteiger partial charge is 0.394 e. The number of aliphatic hydroxyl groups is 3. The van der Waals surface area contributed by atoms with Crippen LogP contribution in [0.1, 0.15) is 12.6 Å². The molecule has 13 nitrogen and oxygen atoms in total. The van der Waals surface area contributed by atoms with E-state index >= 15 is 0 Å². The molecule has 178 valence electrons. The van der Waals surface area contributed by atoms with E-state index < -0.39 is 43.2 Å². The second-order valence-electron chi connectivity index (χ2n) is 6.93. The van der Waals surface area contributed by atoms with E-state index in [1.165, 1.54) is 6.92 Å². The van der Waals surface area contributed by atoms with Crippen LogP contribution in [0.4, 0.5) is 0 Å². The Balaban J connectivity index is 1.59. The summed E-state index contributed by atoms with van der Waals surface area (Å²) in [7, 11) is 1.59. The topological polar surface area (TPSA) is 167 Å². The lowest BCUT2D eigenvalue weighted by molar-refractivity contribution is -0.272. The zero-order chi connectivity index (χ0) is 22.6. The predicted octanol–water partition coefficient (Wildman–Crippen LogP) is -2.58. The molecule has 1 aromatic rings. The van der Waals surface area contributed by atoms with Gasteiger partial charge in [-0.15, -0.1) is 5.10 Å². The Morgan fingerprint density at radius 3 is 2.58 bits per heavy atom. The minimum absolute atomic E-state index is 0.114. The first-order valence-electron chi connectivity index (χ1n) is 10.0. The highest BCUT2D eigenvalue weighted by Gasteiger charge is 2.45. The van der Waals surface area contributed by atoms with Crippen molar-refractivity contribution in [1.29, 1.82) is 0 Å². The van der Waals surface area contributed by atoms with Crippen LogP contribution in [0.3, 0.4) is 0 Å². The lowest BCUT2D eigenvalue weighted by atomic mass is 9.97. The van der Waals surface area contributed by atoms with Crippen LogP contribution in [0.2, 0.25) is 0 Å². The second-order valence-corrected chi connectivity index (χ2v) is 6.93. The van der Waals surface area contributed by atoms with E-state index in [2.05, 4.69) is 15.6 Å². The maximum atomic E-state index is 11.4. The molecular weight excluding hydrogens is 416 g/mol. The quantitative estimate of drug-likeness (QED) is 0.221. The minimum atomic E-state index is -1.35. The number of carbonyl (C=O) groups excluding carboxylic acids is 1. The summed E-state index contributed by atoms with van der Waals surface area (Å²) >= 11 is 0. The van der Waals surface area contributed by atoms with Crippen molar-refractivity contribution < 1.29 is 43.8 Å². The second kappa shape index (κ2) is 13.6. The normalized spacial score (nSPS) is 26.2. The minimum Gasteiger partial charge on any atom is -0.394 e. The lowest BCUT2D eigenvalue weighted by Crippen LogP contribution is -2.64. The Labute approximate surface area is 180 Å². The van der Waals surface area contributed by atoms with Gasteiger partial charge in [-0.25, -0.2) is 4.68 Å². The van der Waals surface area contributed by atoms with Gasteiger partial charge in [0.25, 0.3) is 0 Å². The lowest BCUT2D eigenvalue weighted by Gasteiger charge is -2.42. The molecule has 4 N–H and O–H groups in total. The molecule has 1 aromatic heterocycles. The van der Waals surface area contributed by atoms with Crippen molar-refractivity contribution in [3.8, 4) is 0 Å². The highest BCUT2D eigenvalue weighted by molar-refractivity contribution is 5.73. The SMILES string of the molecule is COCc1cn(CCOCCOCCOC2OC(CO)C(O)C(O)C2NC(C)=O)nn1. The van der Waals surface area contributed by atoms with Crippen molar-refractivity contribution in [2.24, 2.45) is 0 Å². The van der Waals surface area contributed by atoms with Gasteiger partial charge in [0, 0.05) is 14.0 Å². The van der Waals surface area contributed by atoms with Gasteiger partial charge in [-0.3, -0.25) is 4.79 Å². The van der Waals surface area contributed by atoms with Gasteiger partial charge < -0.3 is 44.3 Å². The van der Waals surface area contributed by atoms with Crippen LogP contribution in [-0.2, 0) is 41.6 Å². The first kappa shape index (κ1) is 25.5. The Kier molecular flexibility index (Phi) is 11.2. The number of nitrogens with zero attached hydrogens (tertiary/aromatic N) is 3. The van der Waals surface area contributed by atoms with E-state index in [-0.39, 0.29) is 13.2 Å². The first-order chi connectivity index (χ1) is 15.0. The molecule has 0 aliphatic carbocycles. The molecule has 0 radical (unpaired) electrons. The predicted molar refractivity (Wildman–Crippen MR) is 104 cm³/mol. The van der Waals surface area contributed by atoms with Gasteiger partial charge in [0.2, 0.25) is 5.91 Å². The number of aliphatic hydroxyl groups excluding tert-OH is 3. The van der Waals surface area contributed by atoms with E-state index in [4.69, 9.17) is 23.7 Å². The molecule has 13 heteroatoms. The molecule has 1 saturated heterocycles. The third kappa shape index (κ3) is 8.38. The van der Waals surface area contributed by atoms with Crippen LogP contribution < -0.4 is 5.32 Å². The van der Waals surface area contributed by atoms with Crippen molar-refractivity contribution in [1.82, 2.24) is 20.3 Å². The van der Waals surface area contributed by atoms with Crippen molar-refractivity contribution in [2.75, 3.05) is 46.8 Å². The van der Waals surface area contributed by atoms with Gasteiger partial charge in [-0.1, -0.05) is 5.21 Å². The summed E-state index contributed by atoms with van der Waals surface area (Å²) in [5, 5.41) is 39.8. The molecule has 5 unspecified atom stereocenters. The van der Waals surface area contributed by atoms with Gasteiger partial charge in [-0.2, -0.15) is 0 Å². The average Bonchev–Trinajstić information content (AvgIpc) is 3.19. The monoisotopic (exact) mass is 448 g/mol. The number of carbonyl (C=O) groups is 1. The number of rotatable bonds is 14. The zero-order valence-electron chi connectivity index (χ0n) is 17.8. The summed E-state index contributed by atoms with van der Waals surface area (Å²) in [5.74, 6) is -0.412. The van der Waals surface area contributed by atoms with Crippen LogP contribution >= 0.6 is 0 Å². The molecule has 2 heterocycles. The molecule has 1 amide bonds. The van der Waals surface area contributed by atoms with E-state index in [1.54, 1.807) is 18.0 Å². The molecule has 5 atom stereocenters. The average molecular weight is 448 g/mol. The number of methoxy groups -OCH3 is 1. The summed E-state index contributed by atoms with van der Waals surface area (Å²) < 4.78 is 28.5. The van der Waals surface area contributed by atoms with Crippen LogP contribution in [0.15, 0.2) is 6.20 Å². The van der Waals surface area contributed by atoms with Crippen molar-refractivity contribution >= 4 is 5.91 Å². The van der Waals surface area contributed by atoms with E-state index in [9.17, 15) is 20.1 Å². The third-order valence-corrected chi connectivity index (χ3v) is 4.48. The smallest absolute Gasteiger partial charge is 0.217 e. The highest BCUT2D eigenvalue weighted by Crippen LogP contribution is 2.22. The summed E-state index contributed by atoms with van der Waals surface area (Å²) in [5.41, 5.74) is 0.751. The molecule has 0 bridgehead atoms. The molecule has 1 aliphatic heterocycles. The molecule has 31 heavy (non-hydrogen) atoms. The highest BCUT2D eigenvalue weighted by atomic mass is 16.7. The number of hydrogen-bond acceptors (Lipinski definition) is 11. The number of nitrogens with one attached hydrogen (secondary N) is 1. The summed E-state index contributed by atoms with van der Waals surface area (Å²) in [6, 6.07) is -0.972. The maximum Gasteiger partial charge on any atom is 0.217 e. The van der Waals surface area contributed by atoms with Gasteiger partial charge in [0.05, 0.1) is 59.0 Å². The van der Waals surface area contributed by atoms with E-state index in [0.29, 0.717) is 33.0 Å².